The molecule has 5 heteroatoms. The Hall–Kier alpha value is -2.40. The molecule has 0 aromatic heterocycles. The first kappa shape index (κ1) is 15.1. The summed E-state index contributed by atoms with van der Waals surface area (Å²) in [6.07, 6.45) is 1.77. The van der Waals surface area contributed by atoms with E-state index in [1.807, 2.05) is 24.3 Å². The van der Waals surface area contributed by atoms with Gasteiger partial charge in [-0.2, -0.15) is 0 Å². The second kappa shape index (κ2) is 5.05. The lowest BCUT2D eigenvalue weighted by Gasteiger charge is -2.41. The number of quaternary nitrogens is 1. The Morgan fingerprint density at radius 2 is 1.58 bits per heavy atom. The Bertz CT molecular complexity index is 833. The van der Waals surface area contributed by atoms with E-state index in [0.717, 1.165) is 35.1 Å². The second-order valence-electron chi connectivity index (χ2n) is 6.84. The molecule has 2 N–H and O–H groups in total. The number of hydrogen-bond donors (Lipinski definition) is 2. The Balaban J connectivity index is 1.85. The van der Waals surface area contributed by atoms with Crippen LogP contribution < -0.4 is 14.0 Å². The van der Waals surface area contributed by atoms with E-state index in [2.05, 4.69) is 7.05 Å². The first-order valence-corrected chi connectivity index (χ1v) is 8.13. The second-order valence-corrected chi connectivity index (χ2v) is 6.84. The fourth-order valence-corrected chi connectivity index (χ4v) is 4.34. The summed E-state index contributed by atoms with van der Waals surface area (Å²) < 4.78 is 11.3. The highest BCUT2D eigenvalue weighted by Crippen LogP contribution is 2.52. The van der Waals surface area contributed by atoms with Crippen LogP contribution in [0.5, 0.6) is 23.0 Å². The largest absolute Gasteiger partial charge is 0.504 e. The lowest BCUT2D eigenvalue weighted by atomic mass is 9.90. The van der Waals surface area contributed by atoms with Gasteiger partial charge in [0.25, 0.3) is 0 Å². The maximum absolute atomic E-state index is 10.2. The monoisotopic (exact) mass is 328 g/mol. The predicted molar refractivity (Wildman–Crippen MR) is 92.1 cm³/mol. The summed E-state index contributed by atoms with van der Waals surface area (Å²) in [4.78, 5) is 0. The van der Waals surface area contributed by atoms with Crippen molar-refractivity contribution in [1.29, 1.82) is 0 Å². The average Bonchev–Trinajstić information content (AvgIpc) is 2.86. The molecular weight excluding hydrogens is 306 g/mol. The van der Waals surface area contributed by atoms with Crippen LogP contribution in [-0.2, 0) is 12.8 Å². The number of phenols is 2. The van der Waals surface area contributed by atoms with Gasteiger partial charge in [0.15, 0.2) is 23.0 Å². The number of benzene rings is 2. The van der Waals surface area contributed by atoms with Gasteiger partial charge in [0.2, 0.25) is 0 Å². The molecule has 1 unspecified atom stereocenters. The van der Waals surface area contributed by atoms with Gasteiger partial charge in [-0.3, -0.25) is 4.48 Å². The smallest absolute Gasteiger partial charge is 0.163 e. The van der Waals surface area contributed by atoms with Crippen LogP contribution in [0.1, 0.15) is 22.7 Å². The minimum Gasteiger partial charge on any atom is -0.504 e. The van der Waals surface area contributed by atoms with E-state index in [1.165, 1.54) is 11.1 Å². The molecule has 2 aromatic rings. The van der Waals surface area contributed by atoms with E-state index >= 15 is 0 Å². The summed E-state index contributed by atoms with van der Waals surface area (Å²) in [6.45, 7) is 0.949. The number of aromatic hydroxyl groups is 2. The third-order valence-electron chi connectivity index (χ3n) is 5.68. The van der Waals surface area contributed by atoms with Gasteiger partial charge in [-0.05, 0) is 23.8 Å². The van der Waals surface area contributed by atoms with E-state index in [9.17, 15) is 10.2 Å². The molecule has 2 aliphatic heterocycles. The number of fused-ring (bicyclic) bond motifs is 5. The number of rotatable bonds is 2. The summed E-state index contributed by atoms with van der Waals surface area (Å²) in [5.74, 6) is 1.40. The molecular formula is C19H22NO4+. The summed E-state index contributed by atoms with van der Waals surface area (Å²) in [5, 5.41) is 20.4. The maximum atomic E-state index is 10.2. The summed E-state index contributed by atoms with van der Waals surface area (Å²) in [5.41, 5.74) is 4.73. The quantitative estimate of drug-likeness (QED) is 0.832. The van der Waals surface area contributed by atoms with E-state index in [-0.39, 0.29) is 17.5 Å². The minimum absolute atomic E-state index is 0.180. The van der Waals surface area contributed by atoms with Crippen LogP contribution in [0.3, 0.4) is 0 Å². The third-order valence-corrected chi connectivity index (χ3v) is 5.68. The standard InChI is InChI=1S/C19H21NO4/c1-20-5-4-11-7-18(23-2)16(21)9-13(11)15(20)6-12-8-19(24-3)17(22)10-14(12)20/h7-10,15H,4-6H2,1-3H3,(H-,21,22)/p+1/t15-,20?/m1/s1. The van der Waals surface area contributed by atoms with Crippen molar-refractivity contribution in [2.24, 2.45) is 0 Å². The van der Waals surface area contributed by atoms with Crippen LogP contribution in [0.2, 0.25) is 0 Å². The highest BCUT2D eigenvalue weighted by atomic mass is 16.5. The number of nitrogens with zero attached hydrogens (tertiary/aromatic N) is 1. The van der Waals surface area contributed by atoms with Gasteiger partial charge in [0.1, 0.15) is 11.7 Å². The van der Waals surface area contributed by atoms with E-state index in [4.69, 9.17) is 9.47 Å². The lowest BCUT2D eigenvalue weighted by Crippen LogP contribution is -2.50. The molecule has 0 saturated heterocycles. The Morgan fingerprint density at radius 1 is 0.958 bits per heavy atom. The number of phenolic OH excluding ortho intramolecular Hbond substituents is 2. The maximum Gasteiger partial charge on any atom is 0.163 e. The van der Waals surface area contributed by atoms with Crippen molar-refractivity contribution in [2.45, 2.75) is 18.9 Å². The number of hydrogen-bond acceptors (Lipinski definition) is 4. The first-order valence-electron chi connectivity index (χ1n) is 8.13. The van der Waals surface area contributed by atoms with Gasteiger partial charge in [0, 0.05) is 30.0 Å². The molecule has 24 heavy (non-hydrogen) atoms. The summed E-state index contributed by atoms with van der Waals surface area (Å²) >= 11 is 0. The topological polar surface area (TPSA) is 58.9 Å². The van der Waals surface area contributed by atoms with Crippen LogP contribution in [0.15, 0.2) is 24.3 Å². The molecule has 0 aliphatic carbocycles. The molecule has 2 aliphatic rings. The highest BCUT2D eigenvalue weighted by Gasteiger charge is 2.48. The molecule has 4 rings (SSSR count). The predicted octanol–water partition coefficient (Wildman–Crippen LogP) is 2.91. The van der Waals surface area contributed by atoms with Crippen molar-refractivity contribution in [3.63, 3.8) is 0 Å². The zero-order chi connectivity index (χ0) is 17.1. The summed E-state index contributed by atoms with van der Waals surface area (Å²) in [7, 11) is 5.34. The van der Waals surface area contributed by atoms with E-state index in [0.29, 0.717) is 11.5 Å². The van der Waals surface area contributed by atoms with Crippen molar-refractivity contribution < 1.29 is 19.7 Å². The van der Waals surface area contributed by atoms with Gasteiger partial charge in [-0.25, -0.2) is 0 Å². The number of ether oxygens (including phenoxy) is 2. The fraction of sp³-hybridized carbons (Fsp3) is 0.368. The van der Waals surface area contributed by atoms with Gasteiger partial charge in [-0.1, -0.05) is 0 Å². The van der Waals surface area contributed by atoms with Gasteiger partial charge < -0.3 is 19.7 Å². The average molecular weight is 328 g/mol. The van der Waals surface area contributed by atoms with Gasteiger partial charge in [0.05, 0.1) is 27.8 Å². The minimum atomic E-state index is 0.180. The van der Waals surface area contributed by atoms with Crippen LogP contribution in [0.4, 0.5) is 5.69 Å². The Morgan fingerprint density at radius 3 is 2.25 bits per heavy atom. The Kier molecular flexibility index (Phi) is 3.18. The molecule has 126 valence electrons. The summed E-state index contributed by atoms with van der Waals surface area (Å²) in [6, 6.07) is 7.80. The molecule has 0 amide bonds. The molecule has 0 radical (unpaired) electrons. The molecule has 2 aromatic carbocycles. The van der Waals surface area contributed by atoms with Gasteiger partial charge in [-0.15, -0.1) is 0 Å². The van der Waals surface area contributed by atoms with E-state index in [1.54, 1.807) is 14.2 Å². The van der Waals surface area contributed by atoms with Crippen molar-refractivity contribution >= 4 is 5.69 Å². The Labute approximate surface area is 141 Å². The third kappa shape index (κ3) is 1.91. The van der Waals surface area contributed by atoms with E-state index < -0.39 is 0 Å². The van der Waals surface area contributed by atoms with Gasteiger partial charge >= 0.3 is 0 Å². The highest BCUT2D eigenvalue weighted by molar-refractivity contribution is 5.65. The molecule has 0 bridgehead atoms. The molecule has 0 saturated carbocycles. The zero-order valence-corrected chi connectivity index (χ0v) is 14.2. The normalized spacial score (nSPS) is 24.0. The first-order chi connectivity index (χ1) is 11.5. The van der Waals surface area contributed by atoms with Crippen molar-refractivity contribution in [1.82, 2.24) is 4.48 Å². The fourth-order valence-electron chi connectivity index (χ4n) is 4.34. The SMILES string of the molecule is COc1cc2c(cc1O)[C@H]1Cc3cc(OC)c(O)cc3[N+]1(C)CC2. The van der Waals surface area contributed by atoms with Crippen molar-refractivity contribution in [3.05, 3.63) is 41.0 Å². The number of likely N-dealkylation sites (N-methyl/N-ethyl adjacent to an activating group) is 1. The van der Waals surface area contributed by atoms with Crippen LogP contribution in [0, 0.1) is 0 Å². The molecule has 0 fully saturated rings. The van der Waals surface area contributed by atoms with Crippen LogP contribution in [-0.4, -0.2) is 38.0 Å². The zero-order valence-electron chi connectivity index (χ0n) is 14.2. The molecule has 2 heterocycles. The number of methoxy groups -OCH3 is 2. The van der Waals surface area contributed by atoms with Crippen LogP contribution >= 0.6 is 0 Å². The van der Waals surface area contributed by atoms with Crippen LogP contribution in [0.25, 0.3) is 0 Å². The molecule has 0 spiro atoms. The van der Waals surface area contributed by atoms with Crippen molar-refractivity contribution in [3.8, 4) is 23.0 Å². The molecule has 2 atom stereocenters. The molecule has 5 nitrogen and oxygen atoms in total. The lowest BCUT2D eigenvalue weighted by molar-refractivity contribution is 0.251. The van der Waals surface area contributed by atoms with Crippen molar-refractivity contribution in [2.75, 3.05) is 27.8 Å².